The number of carbonyl (C=O) groups is 1. The third-order valence-electron chi connectivity index (χ3n) is 3.50. The second-order valence-electron chi connectivity index (χ2n) is 6.16. The molecule has 0 radical (unpaired) electrons. The average Bonchev–Trinajstić information content (AvgIpc) is 3.30. The Morgan fingerprint density at radius 2 is 1.97 bits per heavy atom. The van der Waals surface area contributed by atoms with Crippen molar-refractivity contribution in [1.29, 1.82) is 0 Å². The van der Waals surface area contributed by atoms with Gasteiger partial charge in [-0.05, 0) is 38.1 Å². The van der Waals surface area contributed by atoms with Gasteiger partial charge in [0, 0.05) is 17.8 Å². The number of benzene rings is 1. The van der Waals surface area contributed by atoms with Crippen LogP contribution in [0.3, 0.4) is 0 Å². The van der Waals surface area contributed by atoms with Crippen LogP contribution >= 0.6 is 23.1 Å². The van der Waals surface area contributed by atoms with Crippen molar-refractivity contribution in [2.24, 2.45) is 0 Å². The molecule has 0 spiro atoms. The summed E-state index contributed by atoms with van der Waals surface area (Å²) in [5.41, 5.74) is 0.525. The molecule has 160 valence electrons. The number of alkyl halides is 3. The monoisotopic (exact) mass is 458 g/mol. The van der Waals surface area contributed by atoms with Crippen LogP contribution in [0, 0.1) is 0 Å². The quantitative estimate of drug-likeness (QED) is 0.473. The number of nitrogens with zero attached hydrogens (tertiary/aromatic N) is 4. The van der Waals surface area contributed by atoms with Crippen molar-refractivity contribution in [2.75, 3.05) is 16.4 Å². The van der Waals surface area contributed by atoms with Crippen LogP contribution in [0.1, 0.15) is 19.9 Å². The number of hydrogen-bond donors (Lipinski definition) is 2. The standard InChI is InChI=1S/C17H17F3N6O2S2/c1-10(2)26-13(7-8-21-26)23-14(27)9-29-16-25-24-15(30-16)22-11-3-5-12(6-4-11)28-17(18,19)20/h3-8,10H,9H2,1-2H3,(H,22,24)(H,23,27). The molecule has 2 heterocycles. The van der Waals surface area contributed by atoms with E-state index in [-0.39, 0.29) is 23.5 Å². The van der Waals surface area contributed by atoms with Gasteiger partial charge in [0.1, 0.15) is 11.6 Å². The fourth-order valence-corrected chi connectivity index (χ4v) is 3.89. The number of amides is 1. The molecule has 30 heavy (non-hydrogen) atoms. The zero-order valence-electron chi connectivity index (χ0n) is 15.8. The number of halogens is 3. The maximum absolute atomic E-state index is 12.2. The number of ether oxygens (including phenoxy) is 1. The summed E-state index contributed by atoms with van der Waals surface area (Å²) in [4.78, 5) is 12.2. The van der Waals surface area contributed by atoms with Crippen molar-refractivity contribution < 1.29 is 22.7 Å². The summed E-state index contributed by atoms with van der Waals surface area (Å²) in [6.07, 6.45) is -3.12. The minimum atomic E-state index is -4.74. The van der Waals surface area contributed by atoms with Gasteiger partial charge in [-0.1, -0.05) is 23.1 Å². The van der Waals surface area contributed by atoms with E-state index in [2.05, 4.69) is 30.7 Å². The van der Waals surface area contributed by atoms with E-state index in [4.69, 9.17) is 0 Å². The molecule has 2 aromatic heterocycles. The molecule has 0 bridgehead atoms. The van der Waals surface area contributed by atoms with Gasteiger partial charge in [0.15, 0.2) is 4.34 Å². The zero-order valence-corrected chi connectivity index (χ0v) is 17.4. The first-order valence-electron chi connectivity index (χ1n) is 8.62. The number of carbonyl (C=O) groups excluding carboxylic acids is 1. The Morgan fingerprint density at radius 1 is 1.23 bits per heavy atom. The van der Waals surface area contributed by atoms with Crippen LogP contribution in [-0.2, 0) is 4.79 Å². The van der Waals surface area contributed by atoms with Gasteiger partial charge >= 0.3 is 6.36 Å². The predicted octanol–water partition coefficient (Wildman–Crippen LogP) is 4.69. The van der Waals surface area contributed by atoms with Crippen LogP contribution < -0.4 is 15.4 Å². The topological polar surface area (TPSA) is 94.0 Å². The smallest absolute Gasteiger partial charge is 0.406 e. The number of aromatic nitrogens is 4. The molecule has 0 saturated heterocycles. The number of anilines is 3. The second-order valence-corrected chi connectivity index (χ2v) is 8.36. The van der Waals surface area contributed by atoms with Crippen molar-refractivity contribution in [3.8, 4) is 5.75 Å². The lowest BCUT2D eigenvalue weighted by Crippen LogP contribution is -2.18. The maximum atomic E-state index is 12.2. The van der Waals surface area contributed by atoms with E-state index in [0.29, 0.717) is 21.0 Å². The van der Waals surface area contributed by atoms with Crippen LogP contribution in [0.15, 0.2) is 40.9 Å². The van der Waals surface area contributed by atoms with Gasteiger partial charge in [-0.15, -0.1) is 23.4 Å². The Morgan fingerprint density at radius 3 is 2.63 bits per heavy atom. The lowest BCUT2D eigenvalue weighted by molar-refractivity contribution is -0.274. The third kappa shape index (κ3) is 6.35. The van der Waals surface area contributed by atoms with E-state index < -0.39 is 6.36 Å². The van der Waals surface area contributed by atoms with Crippen LogP contribution in [0.5, 0.6) is 5.75 Å². The van der Waals surface area contributed by atoms with Crippen LogP contribution in [0.2, 0.25) is 0 Å². The number of thioether (sulfide) groups is 1. The fraction of sp³-hybridized carbons (Fsp3) is 0.294. The molecule has 3 rings (SSSR count). The van der Waals surface area contributed by atoms with Crippen LogP contribution in [-0.4, -0.2) is 38.0 Å². The summed E-state index contributed by atoms with van der Waals surface area (Å²) in [6, 6.07) is 7.09. The van der Waals surface area contributed by atoms with Crippen molar-refractivity contribution in [2.45, 2.75) is 30.6 Å². The molecule has 0 aliphatic carbocycles. The van der Waals surface area contributed by atoms with Gasteiger partial charge in [-0.3, -0.25) is 4.79 Å². The number of rotatable bonds is 8. The molecule has 2 N–H and O–H groups in total. The molecule has 3 aromatic rings. The third-order valence-corrected chi connectivity index (χ3v) is 5.47. The van der Waals surface area contributed by atoms with Gasteiger partial charge in [0.05, 0.1) is 11.9 Å². The highest BCUT2D eigenvalue weighted by Gasteiger charge is 2.30. The molecular weight excluding hydrogens is 441 g/mol. The molecule has 0 atom stereocenters. The fourth-order valence-electron chi connectivity index (χ4n) is 2.31. The average molecular weight is 458 g/mol. The number of hydrogen-bond acceptors (Lipinski definition) is 8. The van der Waals surface area contributed by atoms with Gasteiger partial charge in [-0.2, -0.15) is 5.10 Å². The van der Waals surface area contributed by atoms with E-state index >= 15 is 0 Å². The molecular formula is C17H17F3N6O2S2. The van der Waals surface area contributed by atoms with Gasteiger partial charge in [0.2, 0.25) is 11.0 Å². The van der Waals surface area contributed by atoms with Crippen LogP contribution in [0.25, 0.3) is 0 Å². The van der Waals surface area contributed by atoms with E-state index in [1.54, 1.807) is 16.9 Å². The van der Waals surface area contributed by atoms with Crippen molar-refractivity contribution in [3.63, 3.8) is 0 Å². The lowest BCUT2D eigenvalue weighted by Gasteiger charge is -2.11. The molecule has 1 aromatic carbocycles. The second kappa shape index (κ2) is 9.34. The van der Waals surface area contributed by atoms with Crippen molar-refractivity contribution >= 4 is 45.6 Å². The largest absolute Gasteiger partial charge is 0.573 e. The Balaban J connectivity index is 1.50. The molecule has 0 unspecified atom stereocenters. The predicted molar refractivity (Wildman–Crippen MR) is 108 cm³/mol. The Hall–Kier alpha value is -2.80. The summed E-state index contributed by atoms with van der Waals surface area (Å²) >= 11 is 2.44. The van der Waals surface area contributed by atoms with E-state index in [9.17, 15) is 18.0 Å². The minimum absolute atomic E-state index is 0.119. The molecule has 0 aliphatic heterocycles. The van der Waals surface area contributed by atoms with Crippen LogP contribution in [0.4, 0.5) is 29.8 Å². The van der Waals surface area contributed by atoms with Gasteiger partial charge in [-0.25, -0.2) is 4.68 Å². The molecule has 8 nitrogen and oxygen atoms in total. The first-order chi connectivity index (χ1) is 14.2. The van der Waals surface area contributed by atoms with E-state index in [1.807, 2.05) is 13.8 Å². The SMILES string of the molecule is CC(C)n1nccc1NC(=O)CSc1nnc(Nc2ccc(OC(F)(F)F)cc2)s1. The summed E-state index contributed by atoms with van der Waals surface area (Å²) in [7, 11) is 0. The summed E-state index contributed by atoms with van der Waals surface area (Å²) < 4.78 is 42.7. The Kier molecular flexibility index (Phi) is 6.82. The first-order valence-corrected chi connectivity index (χ1v) is 10.4. The molecule has 0 saturated carbocycles. The molecule has 0 fully saturated rings. The summed E-state index contributed by atoms with van der Waals surface area (Å²) in [6.45, 7) is 3.92. The maximum Gasteiger partial charge on any atom is 0.573 e. The molecule has 1 amide bonds. The van der Waals surface area contributed by atoms with Crippen molar-refractivity contribution in [1.82, 2.24) is 20.0 Å². The normalized spacial score (nSPS) is 11.5. The zero-order chi connectivity index (χ0) is 21.7. The first kappa shape index (κ1) is 21.9. The minimum Gasteiger partial charge on any atom is -0.406 e. The highest BCUT2D eigenvalue weighted by Crippen LogP contribution is 2.29. The highest BCUT2D eigenvalue weighted by molar-refractivity contribution is 8.01. The highest BCUT2D eigenvalue weighted by atomic mass is 32.2. The van der Waals surface area contributed by atoms with Gasteiger partial charge < -0.3 is 15.4 Å². The Labute approximate surface area is 177 Å². The lowest BCUT2D eigenvalue weighted by atomic mass is 10.3. The Bertz CT molecular complexity index is 988. The van der Waals surface area contributed by atoms with Crippen molar-refractivity contribution in [3.05, 3.63) is 36.5 Å². The van der Waals surface area contributed by atoms with Gasteiger partial charge in [0.25, 0.3) is 0 Å². The molecule has 13 heteroatoms. The molecule has 0 aliphatic rings. The number of nitrogens with one attached hydrogen (secondary N) is 2. The van der Waals surface area contributed by atoms with E-state index in [1.165, 1.54) is 47.4 Å². The summed E-state index contributed by atoms with van der Waals surface area (Å²) in [5.74, 6) is 0.244. The summed E-state index contributed by atoms with van der Waals surface area (Å²) in [5, 5.41) is 18.3. The van der Waals surface area contributed by atoms with E-state index in [0.717, 1.165) is 0 Å².